The van der Waals surface area contributed by atoms with E-state index in [1.54, 1.807) is 0 Å². The minimum atomic E-state index is 0.455. The van der Waals surface area contributed by atoms with E-state index >= 15 is 0 Å². The van der Waals surface area contributed by atoms with Crippen LogP contribution < -0.4 is 0 Å². The smallest absolute Gasteiger partial charge is 0.0620 e. The lowest BCUT2D eigenvalue weighted by atomic mass is 9.95. The minimum Gasteiger partial charge on any atom is -0.308 e. The fourth-order valence-electron chi connectivity index (χ4n) is 9.02. The van der Waals surface area contributed by atoms with E-state index in [9.17, 15) is 0 Å². The molecule has 0 spiro atoms. The molecule has 4 aromatic heterocycles. The van der Waals surface area contributed by atoms with Crippen LogP contribution in [0.25, 0.3) is 98.4 Å². The molecule has 4 heterocycles. The highest BCUT2D eigenvalue weighted by Gasteiger charge is 2.22. The molecule has 0 aliphatic heterocycles. The van der Waals surface area contributed by atoms with Gasteiger partial charge in [-0.05, 0) is 108 Å². The minimum absolute atomic E-state index is 0.455. The number of aromatic nitrogens is 2. The van der Waals surface area contributed by atoms with Gasteiger partial charge < -0.3 is 8.80 Å². The summed E-state index contributed by atoms with van der Waals surface area (Å²) in [6, 6.07) is 48.5. The zero-order valence-corrected chi connectivity index (χ0v) is 28.1. The molecule has 232 valence electrons. The molecule has 0 bridgehead atoms. The second-order valence-corrected chi connectivity index (χ2v) is 14.6. The van der Waals surface area contributed by atoms with Crippen molar-refractivity contribution in [3.05, 3.63) is 144 Å². The molecule has 0 amide bonds. The monoisotopic (exact) mass is 626 g/mol. The largest absolute Gasteiger partial charge is 0.308 e. The van der Waals surface area contributed by atoms with Gasteiger partial charge in [-0.2, -0.15) is 0 Å². The molecule has 0 fully saturated rings. The van der Waals surface area contributed by atoms with Gasteiger partial charge in [-0.15, -0.1) is 0 Å². The van der Waals surface area contributed by atoms with Gasteiger partial charge >= 0.3 is 0 Å². The van der Waals surface area contributed by atoms with E-state index in [0.29, 0.717) is 5.92 Å². The highest BCUT2D eigenvalue weighted by molar-refractivity contribution is 6.26. The Morgan fingerprint density at radius 1 is 0.367 bits per heavy atom. The fourth-order valence-corrected chi connectivity index (χ4v) is 9.02. The van der Waals surface area contributed by atoms with Crippen LogP contribution in [0.1, 0.15) is 36.5 Å². The lowest BCUT2D eigenvalue weighted by molar-refractivity contribution is 0.870. The molecule has 0 saturated heterocycles. The molecule has 0 radical (unpaired) electrons. The van der Waals surface area contributed by atoms with Crippen molar-refractivity contribution in [2.45, 2.75) is 33.6 Å². The number of rotatable bonds is 3. The van der Waals surface area contributed by atoms with Crippen LogP contribution in [-0.4, -0.2) is 8.80 Å². The first-order valence-corrected chi connectivity index (χ1v) is 17.5. The van der Waals surface area contributed by atoms with E-state index in [-0.39, 0.29) is 0 Å². The van der Waals surface area contributed by atoms with Gasteiger partial charge in [0.15, 0.2) is 0 Å². The molecule has 0 aliphatic rings. The quantitative estimate of drug-likeness (QED) is 0.184. The van der Waals surface area contributed by atoms with Crippen LogP contribution in [0.5, 0.6) is 0 Å². The van der Waals surface area contributed by atoms with Gasteiger partial charge in [0.05, 0.1) is 33.1 Å². The van der Waals surface area contributed by atoms with Crippen LogP contribution in [0.4, 0.5) is 0 Å². The van der Waals surface area contributed by atoms with Crippen molar-refractivity contribution in [1.29, 1.82) is 0 Å². The van der Waals surface area contributed by atoms with E-state index in [2.05, 4.69) is 164 Å². The van der Waals surface area contributed by atoms with Crippen LogP contribution in [0, 0.1) is 13.8 Å². The van der Waals surface area contributed by atoms with Crippen molar-refractivity contribution in [3.8, 4) is 22.3 Å². The Labute approximate surface area is 284 Å². The summed E-state index contributed by atoms with van der Waals surface area (Å²) in [6.07, 6.45) is 0. The second kappa shape index (κ2) is 9.39. The molecule has 11 aromatic rings. The zero-order valence-electron chi connectivity index (χ0n) is 28.1. The average molecular weight is 627 g/mol. The first kappa shape index (κ1) is 27.1. The summed E-state index contributed by atoms with van der Waals surface area (Å²) < 4.78 is 4.97. The Morgan fingerprint density at radius 2 is 0.776 bits per heavy atom. The van der Waals surface area contributed by atoms with Crippen molar-refractivity contribution in [1.82, 2.24) is 8.80 Å². The van der Waals surface area contributed by atoms with Crippen molar-refractivity contribution in [3.63, 3.8) is 0 Å². The highest BCUT2D eigenvalue weighted by Crippen LogP contribution is 2.45. The highest BCUT2D eigenvalue weighted by atomic mass is 14.9. The third kappa shape index (κ3) is 3.56. The summed E-state index contributed by atoms with van der Waals surface area (Å²) in [5.74, 6) is 0.455. The Kier molecular flexibility index (Phi) is 5.20. The number of para-hydroxylation sites is 2. The van der Waals surface area contributed by atoms with Crippen LogP contribution >= 0.6 is 0 Å². The molecule has 2 heteroatoms. The van der Waals surface area contributed by atoms with Gasteiger partial charge in [-0.25, -0.2) is 0 Å². The predicted octanol–water partition coefficient (Wildman–Crippen LogP) is 13.1. The number of aryl methyl sites for hydroxylation is 2. The van der Waals surface area contributed by atoms with Crippen LogP contribution in [0.2, 0.25) is 0 Å². The van der Waals surface area contributed by atoms with Gasteiger partial charge in [0.2, 0.25) is 0 Å². The molecule has 0 unspecified atom stereocenters. The van der Waals surface area contributed by atoms with Gasteiger partial charge in [0.1, 0.15) is 0 Å². The molecule has 49 heavy (non-hydrogen) atoms. The summed E-state index contributed by atoms with van der Waals surface area (Å²) in [4.78, 5) is 0. The molecule has 0 saturated carbocycles. The van der Waals surface area contributed by atoms with E-state index in [1.165, 1.54) is 115 Å². The lowest BCUT2D eigenvalue weighted by Gasteiger charge is -2.08. The Hall–Kier alpha value is -5.86. The SMILES string of the molecule is Cc1cc(C)cc(-c2cc3c4ccccc4n4c5ccc(-c6ccc7c(c6)c6cc(C(C)C)cc8c9ccccc9n7c86)cc5c(c2)c34)c1. The number of fused-ring (bicyclic) bond motifs is 12. The van der Waals surface area contributed by atoms with Crippen molar-refractivity contribution in [2.24, 2.45) is 0 Å². The predicted molar refractivity (Wildman–Crippen MR) is 210 cm³/mol. The van der Waals surface area contributed by atoms with Gasteiger partial charge in [0, 0.05) is 43.1 Å². The maximum atomic E-state index is 2.49. The first-order valence-electron chi connectivity index (χ1n) is 17.5. The van der Waals surface area contributed by atoms with E-state index in [4.69, 9.17) is 0 Å². The maximum Gasteiger partial charge on any atom is 0.0620 e. The summed E-state index contributed by atoms with van der Waals surface area (Å²) in [6.45, 7) is 8.99. The Balaban J connectivity index is 1.19. The normalized spacial score (nSPS) is 12.7. The van der Waals surface area contributed by atoms with Crippen molar-refractivity contribution < 1.29 is 0 Å². The fraction of sp³-hybridized carbons (Fsp3) is 0.106. The van der Waals surface area contributed by atoms with Gasteiger partial charge in [0.25, 0.3) is 0 Å². The number of benzene rings is 7. The Bertz CT molecular complexity index is 3130. The summed E-state index contributed by atoms with van der Waals surface area (Å²) in [5.41, 5.74) is 16.8. The number of nitrogens with zero attached hydrogens (tertiary/aromatic N) is 2. The van der Waals surface area contributed by atoms with Crippen LogP contribution in [0.3, 0.4) is 0 Å². The van der Waals surface area contributed by atoms with E-state index < -0.39 is 0 Å². The number of hydrogen-bond acceptors (Lipinski definition) is 0. The molecule has 0 atom stereocenters. The van der Waals surface area contributed by atoms with Crippen LogP contribution in [0.15, 0.2) is 127 Å². The van der Waals surface area contributed by atoms with E-state index in [1.807, 2.05) is 0 Å². The molecular formula is C47H34N2. The summed E-state index contributed by atoms with van der Waals surface area (Å²) in [7, 11) is 0. The number of hydrogen-bond donors (Lipinski definition) is 0. The molecule has 7 aromatic carbocycles. The van der Waals surface area contributed by atoms with Crippen molar-refractivity contribution in [2.75, 3.05) is 0 Å². The standard InChI is InChI=1S/C47H34N2/c1-26(2)31-22-38-34-9-5-7-11-42(34)48-44-15-13-29(20-36(44)40(23-31)46(38)48)30-14-16-45-37(21-30)41-25-33(32-18-27(3)17-28(4)19-32)24-39-35-10-6-8-12-43(35)49(45)47(39)41/h5-26H,1-4H3. The van der Waals surface area contributed by atoms with E-state index in [0.717, 1.165) is 0 Å². The second-order valence-electron chi connectivity index (χ2n) is 14.6. The third-order valence-corrected chi connectivity index (χ3v) is 11.2. The molecule has 11 rings (SSSR count). The van der Waals surface area contributed by atoms with Gasteiger partial charge in [-0.1, -0.05) is 91.7 Å². The molecule has 0 aliphatic carbocycles. The lowest BCUT2D eigenvalue weighted by Crippen LogP contribution is -1.86. The topological polar surface area (TPSA) is 8.82 Å². The molecule has 2 nitrogen and oxygen atoms in total. The zero-order chi connectivity index (χ0) is 32.7. The van der Waals surface area contributed by atoms with Crippen molar-refractivity contribution >= 4 is 76.2 Å². The van der Waals surface area contributed by atoms with Gasteiger partial charge in [-0.3, -0.25) is 0 Å². The summed E-state index contributed by atoms with van der Waals surface area (Å²) >= 11 is 0. The average Bonchev–Trinajstić information content (AvgIpc) is 3.83. The molecule has 0 N–H and O–H groups in total. The molecular weight excluding hydrogens is 593 g/mol. The summed E-state index contributed by atoms with van der Waals surface area (Å²) in [5, 5.41) is 10.6. The Morgan fingerprint density at radius 3 is 1.31 bits per heavy atom. The maximum absolute atomic E-state index is 2.49. The first-order chi connectivity index (χ1) is 23.9. The van der Waals surface area contributed by atoms with Crippen LogP contribution in [-0.2, 0) is 0 Å². The third-order valence-electron chi connectivity index (χ3n) is 11.2.